The summed E-state index contributed by atoms with van der Waals surface area (Å²) < 4.78 is 43.7. The Kier molecular flexibility index (Phi) is 3.67. The summed E-state index contributed by atoms with van der Waals surface area (Å²) in [6, 6.07) is 8.69. The molecule has 1 N–H and O–H groups in total. The summed E-state index contributed by atoms with van der Waals surface area (Å²) in [5.74, 6) is 0.549. The standard InChI is InChI=1S/C18H14N2O5S/c1-10-3-4-12-13(7-10)24-16(19-12)5-6-17-20-18-14(25-17)8-11(2)9-15(18)26(21,22)23/h3-9H,1-2H3,(H,21,22,23)/b6-5+. The molecular formula is C18H14N2O5S. The molecule has 132 valence electrons. The van der Waals surface area contributed by atoms with E-state index in [2.05, 4.69) is 9.97 Å². The van der Waals surface area contributed by atoms with Gasteiger partial charge in [0.05, 0.1) is 0 Å². The number of nitrogens with zero attached hydrogens (tertiary/aromatic N) is 2. The van der Waals surface area contributed by atoms with E-state index in [1.54, 1.807) is 19.1 Å². The Morgan fingerprint density at radius 2 is 1.58 bits per heavy atom. The first kappa shape index (κ1) is 16.5. The third kappa shape index (κ3) is 3.00. The van der Waals surface area contributed by atoms with Crippen LogP contribution in [0, 0.1) is 13.8 Å². The van der Waals surface area contributed by atoms with Gasteiger partial charge in [0, 0.05) is 12.2 Å². The molecule has 4 rings (SSSR count). The lowest BCUT2D eigenvalue weighted by atomic mass is 10.2. The molecule has 2 aromatic carbocycles. The molecule has 0 saturated carbocycles. The zero-order valence-corrected chi connectivity index (χ0v) is 14.7. The van der Waals surface area contributed by atoms with Gasteiger partial charge in [-0.2, -0.15) is 8.42 Å². The molecule has 0 saturated heterocycles. The number of hydrogen-bond acceptors (Lipinski definition) is 6. The topological polar surface area (TPSA) is 106 Å². The summed E-state index contributed by atoms with van der Waals surface area (Å²) in [5, 5.41) is 0. The summed E-state index contributed by atoms with van der Waals surface area (Å²) in [6.07, 6.45) is 3.11. The van der Waals surface area contributed by atoms with Gasteiger partial charge < -0.3 is 8.83 Å². The van der Waals surface area contributed by atoms with Crippen LogP contribution in [0.5, 0.6) is 0 Å². The van der Waals surface area contributed by atoms with Crippen molar-refractivity contribution in [2.45, 2.75) is 18.7 Å². The Morgan fingerprint density at radius 1 is 0.923 bits per heavy atom. The van der Waals surface area contributed by atoms with Crippen LogP contribution >= 0.6 is 0 Å². The zero-order chi connectivity index (χ0) is 18.5. The molecule has 2 aromatic heterocycles. The van der Waals surface area contributed by atoms with E-state index >= 15 is 0 Å². The third-order valence-electron chi connectivity index (χ3n) is 3.83. The predicted octanol–water partition coefficient (Wildman–Crippen LogP) is 4.00. The van der Waals surface area contributed by atoms with Crippen LogP contribution in [0.2, 0.25) is 0 Å². The number of rotatable bonds is 3. The molecule has 0 fully saturated rings. The van der Waals surface area contributed by atoms with Crippen molar-refractivity contribution in [1.29, 1.82) is 0 Å². The van der Waals surface area contributed by atoms with Gasteiger partial charge in [0.15, 0.2) is 11.2 Å². The van der Waals surface area contributed by atoms with Crippen LogP contribution in [-0.2, 0) is 10.1 Å². The fourth-order valence-corrected chi connectivity index (χ4v) is 3.40. The highest BCUT2D eigenvalue weighted by molar-refractivity contribution is 7.86. The van der Waals surface area contributed by atoms with E-state index in [4.69, 9.17) is 8.83 Å². The molecule has 0 radical (unpaired) electrons. The number of benzene rings is 2. The van der Waals surface area contributed by atoms with E-state index in [-0.39, 0.29) is 21.9 Å². The summed E-state index contributed by atoms with van der Waals surface area (Å²) in [5.41, 5.74) is 3.45. The lowest BCUT2D eigenvalue weighted by Crippen LogP contribution is -1.99. The largest absolute Gasteiger partial charge is 0.437 e. The molecule has 8 heteroatoms. The van der Waals surface area contributed by atoms with Crippen molar-refractivity contribution in [3.05, 3.63) is 53.2 Å². The minimum absolute atomic E-state index is 0.0749. The van der Waals surface area contributed by atoms with E-state index in [0.29, 0.717) is 17.0 Å². The Labute approximate surface area is 148 Å². The van der Waals surface area contributed by atoms with Crippen molar-refractivity contribution in [3.63, 3.8) is 0 Å². The molecule has 0 spiro atoms. The van der Waals surface area contributed by atoms with Crippen molar-refractivity contribution < 1.29 is 21.8 Å². The minimum atomic E-state index is -4.40. The number of hydrogen-bond donors (Lipinski definition) is 1. The summed E-state index contributed by atoms with van der Waals surface area (Å²) in [7, 11) is -4.40. The summed E-state index contributed by atoms with van der Waals surface area (Å²) >= 11 is 0. The van der Waals surface area contributed by atoms with E-state index < -0.39 is 10.1 Å². The van der Waals surface area contributed by atoms with E-state index in [9.17, 15) is 13.0 Å². The Morgan fingerprint density at radius 3 is 2.31 bits per heavy atom. The molecule has 0 atom stereocenters. The lowest BCUT2D eigenvalue weighted by Gasteiger charge is -1.98. The predicted molar refractivity (Wildman–Crippen MR) is 96.2 cm³/mol. The lowest BCUT2D eigenvalue weighted by molar-refractivity contribution is 0.484. The van der Waals surface area contributed by atoms with Crippen LogP contribution in [0.4, 0.5) is 0 Å². The molecule has 2 heterocycles. The molecule has 0 bridgehead atoms. The van der Waals surface area contributed by atoms with Crippen LogP contribution in [0.3, 0.4) is 0 Å². The van der Waals surface area contributed by atoms with Crippen molar-refractivity contribution >= 4 is 44.5 Å². The molecule has 0 aliphatic rings. The highest BCUT2D eigenvalue weighted by Crippen LogP contribution is 2.26. The smallest absolute Gasteiger partial charge is 0.296 e. The fraction of sp³-hybridized carbons (Fsp3) is 0.111. The van der Waals surface area contributed by atoms with Gasteiger partial charge in [-0.1, -0.05) is 6.07 Å². The van der Waals surface area contributed by atoms with Gasteiger partial charge >= 0.3 is 0 Å². The second-order valence-electron chi connectivity index (χ2n) is 5.99. The van der Waals surface area contributed by atoms with E-state index in [1.165, 1.54) is 12.1 Å². The molecule has 7 nitrogen and oxygen atoms in total. The zero-order valence-electron chi connectivity index (χ0n) is 13.9. The van der Waals surface area contributed by atoms with Crippen LogP contribution in [-0.4, -0.2) is 22.9 Å². The molecule has 0 amide bonds. The van der Waals surface area contributed by atoms with Gasteiger partial charge in [-0.15, -0.1) is 0 Å². The molecule has 26 heavy (non-hydrogen) atoms. The number of fused-ring (bicyclic) bond motifs is 2. The van der Waals surface area contributed by atoms with Crippen LogP contribution in [0.1, 0.15) is 22.9 Å². The first-order chi connectivity index (χ1) is 12.3. The highest BCUT2D eigenvalue weighted by Gasteiger charge is 2.19. The monoisotopic (exact) mass is 370 g/mol. The Balaban J connectivity index is 1.75. The second kappa shape index (κ2) is 5.79. The van der Waals surface area contributed by atoms with Gasteiger partial charge in [-0.05, 0) is 49.2 Å². The third-order valence-corrected chi connectivity index (χ3v) is 4.69. The molecule has 0 aliphatic heterocycles. The number of aryl methyl sites for hydroxylation is 2. The number of aromatic nitrogens is 2. The summed E-state index contributed by atoms with van der Waals surface area (Å²) in [6.45, 7) is 3.66. The molecular weight excluding hydrogens is 356 g/mol. The van der Waals surface area contributed by atoms with Gasteiger partial charge in [0.1, 0.15) is 15.9 Å². The van der Waals surface area contributed by atoms with Crippen LogP contribution < -0.4 is 0 Å². The van der Waals surface area contributed by atoms with Crippen LogP contribution in [0.25, 0.3) is 34.4 Å². The summed E-state index contributed by atoms with van der Waals surface area (Å²) in [4.78, 5) is 8.19. The first-order valence-electron chi connectivity index (χ1n) is 7.73. The van der Waals surface area contributed by atoms with Crippen molar-refractivity contribution in [2.75, 3.05) is 0 Å². The van der Waals surface area contributed by atoms with Gasteiger partial charge in [-0.3, -0.25) is 4.55 Å². The maximum atomic E-state index is 11.5. The number of oxazole rings is 2. The first-order valence-corrected chi connectivity index (χ1v) is 9.17. The van der Waals surface area contributed by atoms with Crippen molar-refractivity contribution in [1.82, 2.24) is 9.97 Å². The van der Waals surface area contributed by atoms with Gasteiger partial charge in [-0.25, -0.2) is 9.97 Å². The minimum Gasteiger partial charge on any atom is -0.437 e. The van der Waals surface area contributed by atoms with Crippen molar-refractivity contribution in [3.8, 4) is 0 Å². The molecule has 0 aliphatic carbocycles. The average Bonchev–Trinajstić information content (AvgIpc) is 3.13. The quantitative estimate of drug-likeness (QED) is 0.543. The average molecular weight is 370 g/mol. The second-order valence-corrected chi connectivity index (χ2v) is 7.38. The molecule has 4 aromatic rings. The van der Waals surface area contributed by atoms with E-state index in [0.717, 1.165) is 11.1 Å². The maximum Gasteiger partial charge on any atom is 0.296 e. The normalized spacial score (nSPS) is 12.6. The van der Waals surface area contributed by atoms with E-state index in [1.807, 2.05) is 25.1 Å². The van der Waals surface area contributed by atoms with Gasteiger partial charge in [0.25, 0.3) is 10.1 Å². The maximum absolute atomic E-state index is 11.5. The van der Waals surface area contributed by atoms with Gasteiger partial charge in [0.2, 0.25) is 11.8 Å². The van der Waals surface area contributed by atoms with Crippen LogP contribution in [0.15, 0.2) is 44.1 Å². The molecule has 0 unspecified atom stereocenters. The fourth-order valence-electron chi connectivity index (χ4n) is 2.68. The van der Waals surface area contributed by atoms with Crippen molar-refractivity contribution in [2.24, 2.45) is 0 Å². The SMILES string of the molecule is Cc1ccc2nc(/C=C/c3nc4c(S(=O)(=O)O)cc(C)cc4o3)oc2c1. The Hall–Kier alpha value is -2.97. The highest BCUT2D eigenvalue weighted by atomic mass is 32.2. The Bertz CT molecular complexity index is 1280.